The lowest BCUT2D eigenvalue weighted by Gasteiger charge is -2.11. The number of benzene rings is 2. The Hall–Kier alpha value is -2.07. The molecule has 0 radical (unpaired) electrons. The molecule has 7 nitrogen and oxygen atoms in total. The number of hydrazone groups is 1. The molecule has 0 spiro atoms. The van der Waals surface area contributed by atoms with Gasteiger partial charge in [-0.3, -0.25) is 4.99 Å². The smallest absolute Gasteiger partial charge is 0.264 e. The number of thioether (sulfide) groups is 1. The standard InChI is InChI=1S/C16H13ClN4O3S2/c17-11-3-7-13(8-4-11)24-12-5-1-10(2-6-12)14-9-21-15(19-14)25-16(20-21)26(18,22)23/h1-8,14H,9H2,(H2,18,22,23). The quantitative estimate of drug-likeness (QED) is 0.841. The molecular formula is C16H13ClN4O3S2. The molecule has 0 amide bonds. The van der Waals surface area contributed by atoms with Crippen molar-refractivity contribution in [1.29, 1.82) is 0 Å². The van der Waals surface area contributed by atoms with Crippen molar-refractivity contribution in [2.24, 2.45) is 15.2 Å². The summed E-state index contributed by atoms with van der Waals surface area (Å²) in [5.41, 5.74) is 0.989. The minimum absolute atomic E-state index is 0.118. The van der Waals surface area contributed by atoms with Crippen molar-refractivity contribution < 1.29 is 13.2 Å². The van der Waals surface area contributed by atoms with Crippen molar-refractivity contribution in [2.75, 3.05) is 6.54 Å². The SMILES string of the molecule is NS(=O)(=O)C1=NN2CC(c3ccc(Oc4ccc(Cl)cc4)cc3)N=C2S1. The molecular weight excluding hydrogens is 396 g/mol. The molecule has 10 heteroatoms. The van der Waals surface area contributed by atoms with Crippen LogP contribution in [0.4, 0.5) is 0 Å². The Morgan fingerprint density at radius 3 is 2.31 bits per heavy atom. The van der Waals surface area contributed by atoms with Crippen molar-refractivity contribution in [3.8, 4) is 11.5 Å². The van der Waals surface area contributed by atoms with Gasteiger partial charge >= 0.3 is 0 Å². The fraction of sp³-hybridized carbons (Fsp3) is 0.125. The van der Waals surface area contributed by atoms with Gasteiger partial charge in [-0.2, -0.15) is 0 Å². The molecule has 1 atom stereocenters. The fourth-order valence-electron chi connectivity index (χ4n) is 2.53. The van der Waals surface area contributed by atoms with Crippen LogP contribution in [0.15, 0.2) is 58.6 Å². The summed E-state index contributed by atoms with van der Waals surface area (Å²) in [5, 5.41) is 11.9. The van der Waals surface area contributed by atoms with Gasteiger partial charge in [-0.15, -0.1) is 5.10 Å². The number of nitrogens with two attached hydrogens (primary N) is 1. The third-order valence-corrected chi connectivity index (χ3v) is 6.29. The van der Waals surface area contributed by atoms with Crippen LogP contribution in [0.3, 0.4) is 0 Å². The summed E-state index contributed by atoms with van der Waals surface area (Å²) in [6.07, 6.45) is 0. The van der Waals surface area contributed by atoms with Crippen LogP contribution in [0.1, 0.15) is 11.6 Å². The number of sulfonamides is 1. The molecule has 2 N–H and O–H groups in total. The predicted molar refractivity (Wildman–Crippen MR) is 103 cm³/mol. The van der Waals surface area contributed by atoms with Gasteiger partial charge in [-0.05, 0) is 53.7 Å². The van der Waals surface area contributed by atoms with Gasteiger partial charge in [0.15, 0.2) is 5.17 Å². The minimum atomic E-state index is -3.80. The molecule has 2 aliphatic rings. The molecule has 0 fully saturated rings. The number of fused-ring (bicyclic) bond motifs is 1. The zero-order valence-electron chi connectivity index (χ0n) is 13.2. The van der Waals surface area contributed by atoms with E-state index in [9.17, 15) is 8.42 Å². The number of amidine groups is 1. The van der Waals surface area contributed by atoms with Gasteiger partial charge in [0.25, 0.3) is 10.0 Å². The summed E-state index contributed by atoms with van der Waals surface area (Å²) in [4.78, 5) is 4.52. The van der Waals surface area contributed by atoms with Gasteiger partial charge < -0.3 is 4.74 Å². The van der Waals surface area contributed by atoms with Gasteiger partial charge in [0.05, 0.1) is 12.6 Å². The third-order valence-electron chi connectivity index (χ3n) is 3.77. The first-order valence-electron chi connectivity index (χ1n) is 7.56. The van der Waals surface area contributed by atoms with Crippen molar-refractivity contribution in [2.45, 2.75) is 6.04 Å². The van der Waals surface area contributed by atoms with Crippen LogP contribution in [0.2, 0.25) is 5.02 Å². The van der Waals surface area contributed by atoms with E-state index in [1.165, 1.54) is 0 Å². The van der Waals surface area contributed by atoms with Crippen molar-refractivity contribution in [3.63, 3.8) is 0 Å². The lowest BCUT2D eigenvalue weighted by atomic mass is 10.1. The van der Waals surface area contributed by atoms with E-state index in [-0.39, 0.29) is 10.4 Å². The second-order valence-corrected chi connectivity index (χ2v) is 8.78. The van der Waals surface area contributed by atoms with E-state index in [0.29, 0.717) is 28.2 Å². The topological polar surface area (TPSA) is 97.4 Å². The van der Waals surface area contributed by atoms with Crippen LogP contribution in [0.25, 0.3) is 0 Å². The normalized spacial score (nSPS) is 19.2. The number of halogens is 1. The second kappa shape index (κ2) is 6.58. The molecule has 0 saturated heterocycles. The van der Waals surface area contributed by atoms with E-state index >= 15 is 0 Å². The number of hydrogen-bond acceptors (Lipinski definition) is 7. The first kappa shape index (κ1) is 17.3. The molecule has 0 bridgehead atoms. The molecule has 26 heavy (non-hydrogen) atoms. The Morgan fingerprint density at radius 2 is 1.73 bits per heavy atom. The molecule has 1 unspecified atom stereocenters. The Kier molecular flexibility index (Phi) is 4.39. The number of ether oxygens (including phenoxy) is 1. The maximum atomic E-state index is 11.3. The molecule has 0 aromatic heterocycles. The Labute approximate surface area is 159 Å². The van der Waals surface area contributed by atoms with E-state index in [0.717, 1.165) is 17.3 Å². The first-order chi connectivity index (χ1) is 12.4. The molecule has 2 aromatic rings. The number of hydrogen-bond donors (Lipinski definition) is 1. The summed E-state index contributed by atoms with van der Waals surface area (Å²) >= 11 is 6.83. The first-order valence-corrected chi connectivity index (χ1v) is 10.3. The maximum Gasteiger partial charge on any atom is 0.264 e. The summed E-state index contributed by atoms with van der Waals surface area (Å²) in [5.74, 6) is 1.40. The minimum Gasteiger partial charge on any atom is -0.457 e. The molecule has 2 heterocycles. The van der Waals surface area contributed by atoms with Crippen LogP contribution >= 0.6 is 23.4 Å². The number of primary sulfonamides is 1. The summed E-state index contributed by atoms with van der Waals surface area (Å²) in [7, 11) is -3.80. The lowest BCUT2D eigenvalue weighted by Crippen LogP contribution is -2.20. The van der Waals surface area contributed by atoms with Crippen molar-refractivity contribution >= 4 is 42.9 Å². The number of rotatable bonds is 3. The zero-order chi connectivity index (χ0) is 18.3. The molecule has 0 saturated carbocycles. The Balaban J connectivity index is 1.44. The highest BCUT2D eigenvalue weighted by molar-refractivity contribution is 8.42. The van der Waals surface area contributed by atoms with Crippen LogP contribution in [-0.4, -0.2) is 29.5 Å². The van der Waals surface area contributed by atoms with Crippen molar-refractivity contribution in [1.82, 2.24) is 5.01 Å². The monoisotopic (exact) mass is 408 g/mol. The van der Waals surface area contributed by atoms with Gasteiger partial charge in [0, 0.05) is 5.02 Å². The average molecular weight is 409 g/mol. The van der Waals surface area contributed by atoms with E-state index < -0.39 is 10.0 Å². The van der Waals surface area contributed by atoms with Gasteiger partial charge in [-0.1, -0.05) is 23.7 Å². The van der Waals surface area contributed by atoms with Gasteiger partial charge in [-0.25, -0.2) is 18.6 Å². The highest BCUT2D eigenvalue weighted by Gasteiger charge is 2.36. The molecule has 2 aromatic carbocycles. The molecule has 2 aliphatic heterocycles. The maximum absolute atomic E-state index is 11.3. The summed E-state index contributed by atoms with van der Waals surface area (Å²) in [6, 6.07) is 14.6. The second-order valence-electron chi connectivity index (χ2n) is 5.65. The van der Waals surface area contributed by atoms with Crippen LogP contribution in [0.5, 0.6) is 11.5 Å². The largest absolute Gasteiger partial charge is 0.457 e. The van der Waals surface area contributed by atoms with Crippen molar-refractivity contribution in [3.05, 3.63) is 59.1 Å². The van der Waals surface area contributed by atoms with Crippen LogP contribution in [-0.2, 0) is 10.0 Å². The highest BCUT2D eigenvalue weighted by Crippen LogP contribution is 2.35. The number of nitrogens with zero attached hydrogens (tertiary/aromatic N) is 3. The molecule has 4 rings (SSSR count). The van der Waals surface area contributed by atoms with E-state index in [4.69, 9.17) is 21.5 Å². The van der Waals surface area contributed by atoms with Crippen LogP contribution < -0.4 is 9.88 Å². The van der Waals surface area contributed by atoms with E-state index in [1.54, 1.807) is 29.3 Å². The van der Waals surface area contributed by atoms with Gasteiger partial charge in [0.1, 0.15) is 11.5 Å². The summed E-state index contributed by atoms with van der Waals surface area (Å²) in [6.45, 7) is 0.471. The lowest BCUT2D eigenvalue weighted by molar-refractivity contribution is 0.461. The van der Waals surface area contributed by atoms with E-state index in [2.05, 4.69) is 10.1 Å². The Morgan fingerprint density at radius 1 is 1.12 bits per heavy atom. The van der Waals surface area contributed by atoms with E-state index in [1.807, 2.05) is 24.3 Å². The molecule has 134 valence electrons. The zero-order valence-corrected chi connectivity index (χ0v) is 15.6. The Bertz CT molecular complexity index is 1000. The average Bonchev–Trinajstić information content (AvgIpc) is 3.16. The third kappa shape index (κ3) is 3.56. The summed E-state index contributed by atoms with van der Waals surface area (Å²) < 4.78 is 28.3. The fourth-order valence-corrected chi connectivity index (χ4v) is 4.26. The number of aliphatic imine (C=N–C) groups is 1. The predicted octanol–water partition coefficient (Wildman–Crippen LogP) is 3.15. The molecule has 0 aliphatic carbocycles. The van der Waals surface area contributed by atoms with Gasteiger partial charge in [0.2, 0.25) is 4.38 Å². The highest BCUT2D eigenvalue weighted by atomic mass is 35.5. The van der Waals surface area contributed by atoms with Crippen LogP contribution in [0, 0.1) is 0 Å².